The number of carbonyl (C=O) groups excluding carboxylic acids is 3. The topological polar surface area (TPSA) is 113 Å². The second kappa shape index (κ2) is 10.4. The van der Waals surface area contributed by atoms with Gasteiger partial charge in [0, 0.05) is 31.7 Å². The second-order valence-electron chi connectivity index (χ2n) is 6.54. The van der Waals surface area contributed by atoms with Crippen LogP contribution < -0.4 is 5.32 Å². The van der Waals surface area contributed by atoms with Crippen molar-refractivity contribution < 1.29 is 27.5 Å². The summed E-state index contributed by atoms with van der Waals surface area (Å²) in [7, 11) is -3.60. The van der Waals surface area contributed by atoms with Gasteiger partial charge in [0.05, 0.1) is 4.90 Å². The number of benzene rings is 1. The molecule has 1 aliphatic heterocycles. The van der Waals surface area contributed by atoms with Gasteiger partial charge in [0.1, 0.15) is 6.54 Å². The number of hydrogen-bond acceptors (Lipinski definition) is 6. The minimum Gasteiger partial charge on any atom is -0.454 e. The van der Waals surface area contributed by atoms with E-state index in [1.54, 1.807) is 18.7 Å². The first-order valence-electron chi connectivity index (χ1n) is 9.61. The van der Waals surface area contributed by atoms with Crippen molar-refractivity contribution in [3.63, 3.8) is 0 Å². The van der Waals surface area contributed by atoms with Crippen LogP contribution in [0.2, 0.25) is 0 Å². The van der Waals surface area contributed by atoms with Crippen LogP contribution in [0.4, 0.5) is 0 Å². The highest BCUT2D eigenvalue weighted by Gasteiger charge is 2.22. The van der Waals surface area contributed by atoms with Gasteiger partial charge >= 0.3 is 5.97 Å². The van der Waals surface area contributed by atoms with Crippen LogP contribution in [-0.2, 0) is 24.3 Å². The number of amides is 2. The zero-order chi connectivity index (χ0) is 21.4. The fraction of sp³-hybridized carbons (Fsp3) is 0.526. The van der Waals surface area contributed by atoms with E-state index in [1.165, 1.54) is 28.6 Å². The van der Waals surface area contributed by atoms with Gasteiger partial charge in [-0.05, 0) is 37.1 Å². The predicted molar refractivity (Wildman–Crippen MR) is 106 cm³/mol. The van der Waals surface area contributed by atoms with E-state index in [-0.39, 0.29) is 29.5 Å². The first kappa shape index (κ1) is 22.8. The molecule has 0 atom stereocenters. The van der Waals surface area contributed by atoms with E-state index >= 15 is 0 Å². The Morgan fingerprint density at radius 1 is 1.07 bits per heavy atom. The molecule has 0 bridgehead atoms. The first-order chi connectivity index (χ1) is 13.8. The van der Waals surface area contributed by atoms with Gasteiger partial charge in [-0.25, -0.2) is 8.42 Å². The van der Waals surface area contributed by atoms with Crippen molar-refractivity contribution in [1.29, 1.82) is 0 Å². The molecule has 0 aliphatic carbocycles. The molecule has 29 heavy (non-hydrogen) atoms. The molecule has 160 valence electrons. The van der Waals surface area contributed by atoms with Gasteiger partial charge in [-0.2, -0.15) is 4.31 Å². The summed E-state index contributed by atoms with van der Waals surface area (Å²) in [4.78, 5) is 37.4. The molecule has 1 aromatic carbocycles. The second-order valence-corrected chi connectivity index (χ2v) is 8.48. The lowest BCUT2D eigenvalue weighted by Crippen LogP contribution is -2.35. The number of sulfonamides is 1. The molecule has 1 aliphatic rings. The summed E-state index contributed by atoms with van der Waals surface area (Å²) < 4.78 is 31.1. The summed E-state index contributed by atoms with van der Waals surface area (Å²) in [5, 5.41) is 2.40. The van der Waals surface area contributed by atoms with Crippen molar-refractivity contribution in [2.24, 2.45) is 0 Å². The lowest BCUT2D eigenvalue weighted by molar-refractivity contribution is -0.150. The van der Waals surface area contributed by atoms with Crippen molar-refractivity contribution in [2.75, 3.05) is 39.3 Å². The summed E-state index contributed by atoms with van der Waals surface area (Å²) in [6.07, 6.45) is 1.90. The van der Waals surface area contributed by atoms with Crippen LogP contribution >= 0.6 is 0 Å². The third-order valence-electron chi connectivity index (χ3n) is 4.67. The molecule has 0 saturated carbocycles. The number of nitrogens with zero attached hydrogens (tertiary/aromatic N) is 2. The Morgan fingerprint density at radius 3 is 2.21 bits per heavy atom. The average Bonchev–Trinajstić information content (AvgIpc) is 3.26. The van der Waals surface area contributed by atoms with Crippen molar-refractivity contribution in [2.45, 2.75) is 31.6 Å². The van der Waals surface area contributed by atoms with Gasteiger partial charge < -0.3 is 15.0 Å². The molecule has 0 radical (unpaired) electrons. The van der Waals surface area contributed by atoms with Crippen LogP contribution in [0.5, 0.6) is 0 Å². The molecule has 1 fully saturated rings. The quantitative estimate of drug-likeness (QED) is 0.580. The normalized spacial score (nSPS) is 14.1. The van der Waals surface area contributed by atoms with Gasteiger partial charge in [0.25, 0.3) is 11.8 Å². The lowest BCUT2D eigenvalue weighted by atomic mass is 10.2. The zero-order valence-electron chi connectivity index (χ0n) is 16.7. The number of carbonyl (C=O) groups is 3. The van der Waals surface area contributed by atoms with E-state index in [4.69, 9.17) is 4.74 Å². The fourth-order valence-corrected chi connectivity index (χ4v) is 4.45. The van der Waals surface area contributed by atoms with E-state index in [0.717, 1.165) is 12.8 Å². The van der Waals surface area contributed by atoms with Gasteiger partial charge in [0.15, 0.2) is 6.61 Å². The van der Waals surface area contributed by atoms with Crippen LogP contribution in [0.25, 0.3) is 0 Å². The summed E-state index contributed by atoms with van der Waals surface area (Å²) in [5.74, 6) is -1.50. The van der Waals surface area contributed by atoms with E-state index in [9.17, 15) is 22.8 Å². The number of rotatable bonds is 9. The van der Waals surface area contributed by atoms with Gasteiger partial charge in [0.2, 0.25) is 10.0 Å². The molecule has 0 aromatic heterocycles. The van der Waals surface area contributed by atoms with E-state index in [2.05, 4.69) is 5.32 Å². The molecule has 10 heteroatoms. The summed E-state index contributed by atoms with van der Waals surface area (Å²) in [6, 6.07) is 5.48. The largest absolute Gasteiger partial charge is 0.454 e. The molecule has 2 rings (SSSR count). The van der Waals surface area contributed by atoms with Crippen LogP contribution in [0.15, 0.2) is 29.2 Å². The van der Waals surface area contributed by atoms with Gasteiger partial charge in [-0.3, -0.25) is 14.4 Å². The lowest BCUT2D eigenvalue weighted by Gasteiger charge is -2.18. The highest BCUT2D eigenvalue weighted by molar-refractivity contribution is 7.89. The molecule has 0 unspecified atom stereocenters. The Bertz CT molecular complexity index is 828. The minimum atomic E-state index is -3.60. The van der Waals surface area contributed by atoms with E-state index < -0.39 is 21.9 Å². The third kappa shape index (κ3) is 6.01. The highest BCUT2D eigenvalue weighted by Crippen LogP contribution is 2.16. The van der Waals surface area contributed by atoms with Crippen molar-refractivity contribution in [3.8, 4) is 0 Å². The Labute approximate surface area is 171 Å². The smallest absolute Gasteiger partial charge is 0.325 e. The first-order valence-corrected chi connectivity index (χ1v) is 11.1. The molecular weight excluding hydrogens is 398 g/mol. The molecule has 2 amide bonds. The maximum Gasteiger partial charge on any atom is 0.325 e. The SMILES string of the molecule is CCN(CC)S(=O)(=O)c1ccc(C(=O)NCC(=O)OCC(=O)N2CCCC2)cc1. The van der Waals surface area contributed by atoms with E-state index in [1.807, 2.05) is 0 Å². The van der Waals surface area contributed by atoms with Crippen LogP contribution in [-0.4, -0.2) is 74.7 Å². The monoisotopic (exact) mass is 425 g/mol. The third-order valence-corrected chi connectivity index (χ3v) is 6.73. The number of hydrogen-bond donors (Lipinski definition) is 1. The van der Waals surface area contributed by atoms with Crippen molar-refractivity contribution >= 4 is 27.8 Å². The molecule has 1 saturated heterocycles. The fourth-order valence-electron chi connectivity index (χ4n) is 3.00. The predicted octanol–water partition coefficient (Wildman–Crippen LogP) is 0.613. The van der Waals surface area contributed by atoms with Crippen molar-refractivity contribution in [1.82, 2.24) is 14.5 Å². The Hall–Kier alpha value is -2.46. The average molecular weight is 426 g/mol. The zero-order valence-corrected chi connectivity index (χ0v) is 17.5. The number of nitrogens with one attached hydrogen (secondary N) is 1. The number of likely N-dealkylation sites (tertiary alicyclic amines) is 1. The maximum atomic E-state index is 12.4. The molecule has 1 N–H and O–H groups in total. The van der Waals surface area contributed by atoms with Crippen LogP contribution in [0.1, 0.15) is 37.0 Å². The van der Waals surface area contributed by atoms with Crippen LogP contribution in [0.3, 0.4) is 0 Å². The maximum absolute atomic E-state index is 12.4. The highest BCUT2D eigenvalue weighted by atomic mass is 32.2. The summed E-state index contributed by atoms with van der Waals surface area (Å²) >= 11 is 0. The Morgan fingerprint density at radius 2 is 1.66 bits per heavy atom. The summed E-state index contributed by atoms with van der Waals surface area (Å²) in [5.41, 5.74) is 0.212. The Kier molecular flexibility index (Phi) is 8.15. The number of esters is 1. The van der Waals surface area contributed by atoms with E-state index in [0.29, 0.717) is 26.2 Å². The molecule has 9 nitrogen and oxygen atoms in total. The van der Waals surface area contributed by atoms with Gasteiger partial charge in [-0.1, -0.05) is 13.8 Å². The minimum absolute atomic E-state index is 0.0950. The van der Waals surface area contributed by atoms with Gasteiger partial charge in [-0.15, -0.1) is 0 Å². The van der Waals surface area contributed by atoms with Crippen LogP contribution in [0, 0.1) is 0 Å². The standard InChI is InChI=1S/C19H27N3O6S/c1-3-22(4-2)29(26,27)16-9-7-15(8-10-16)19(25)20-13-18(24)28-14-17(23)21-11-5-6-12-21/h7-10H,3-6,11-14H2,1-2H3,(H,20,25). The molecule has 1 heterocycles. The van der Waals surface area contributed by atoms with Crippen molar-refractivity contribution in [3.05, 3.63) is 29.8 Å². The molecule has 1 aromatic rings. The Balaban J connectivity index is 1.84. The molecular formula is C19H27N3O6S. The number of ether oxygens (including phenoxy) is 1. The molecule has 0 spiro atoms. The summed E-state index contributed by atoms with van der Waals surface area (Å²) in [6.45, 7) is 4.83.